The normalized spacial score (nSPS) is 9.24. The summed E-state index contributed by atoms with van der Waals surface area (Å²) in [6.45, 7) is 17.9. The summed E-state index contributed by atoms with van der Waals surface area (Å²) in [7, 11) is 0. The van der Waals surface area contributed by atoms with E-state index in [0.29, 0.717) is 53.8 Å². The maximum atomic E-state index is 12.1. The van der Waals surface area contributed by atoms with Crippen LogP contribution < -0.4 is 26.5 Å². The Morgan fingerprint density at radius 3 is 0.721 bits per heavy atom. The molecule has 6 aromatic carbocycles. The third kappa shape index (κ3) is 33.4. The second kappa shape index (κ2) is 51.7. The van der Waals surface area contributed by atoms with E-state index < -0.39 is 17.9 Å². The number of hydrogen-bond acceptors (Lipinski definition) is 14. The molecule has 0 atom stereocenters. The van der Waals surface area contributed by atoms with E-state index in [4.69, 9.17) is 28.4 Å². The van der Waals surface area contributed by atoms with Gasteiger partial charge in [-0.3, -0.25) is 0 Å². The first-order valence-corrected chi connectivity index (χ1v) is 26.6. The Kier molecular flexibility index (Phi) is 53.0. The fourth-order valence-electron chi connectivity index (χ4n) is 7.35. The van der Waals surface area contributed by atoms with Crippen molar-refractivity contribution in [1.29, 1.82) is 0 Å². The van der Waals surface area contributed by atoms with E-state index in [1.165, 1.54) is 19.3 Å². The van der Waals surface area contributed by atoms with Gasteiger partial charge in [0.15, 0.2) is 0 Å². The highest BCUT2D eigenvalue weighted by Gasteiger charge is 2.11. The first-order chi connectivity index (χ1) is 37.9. The average molecular weight is 1520 g/mol. The smallest absolute Gasteiger partial charge is 0.338 e. The van der Waals surface area contributed by atoms with E-state index in [1.54, 1.807) is 72.8 Å². The molecule has 6 rings (SSSR count). The van der Waals surface area contributed by atoms with Crippen LogP contribution in [0.1, 0.15) is 151 Å². The van der Waals surface area contributed by atoms with E-state index in [9.17, 15) is 28.8 Å². The van der Waals surface area contributed by atoms with Crippen LogP contribution in [0.4, 0.5) is 0 Å². The molecule has 0 aromatic heterocycles. The number of benzene rings is 6. The maximum absolute atomic E-state index is 12.1. The number of hydrogen-bond donors (Lipinski definition) is 2. The molecule has 6 N–H and O–H groups in total. The van der Waals surface area contributed by atoms with Crippen LogP contribution in [0, 0.1) is 0 Å². The summed E-state index contributed by atoms with van der Waals surface area (Å²) in [5.41, 5.74) is 7.40. The molecule has 0 saturated heterocycles. The maximum Gasteiger partial charge on any atom is 0.338 e. The molecule has 0 radical (unpaired) electrons. The number of carbonyl (C=O) groups is 6. The quantitative estimate of drug-likeness (QED) is 0.0122. The van der Waals surface area contributed by atoms with Gasteiger partial charge in [0.2, 0.25) is 0 Å². The Hall–Kier alpha value is -6.53. The van der Waals surface area contributed by atoms with E-state index in [-0.39, 0.29) is 124 Å². The molecule has 0 unspecified atom stereocenters. The van der Waals surface area contributed by atoms with Crippen molar-refractivity contribution in [2.24, 2.45) is 0 Å². The zero-order valence-corrected chi connectivity index (χ0v) is 54.8. The van der Waals surface area contributed by atoms with Crippen LogP contribution in [0.2, 0.25) is 0 Å². The van der Waals surface area contributed by atoms with Gasteiger partial charge in [0.25, 0.3) is 0 Å². The fraction of sp³-hybridized carbons (Fsp3) is 0.304. The van der Waals surface area contributed by atoms with Crippen molar-refractivity contribution in [2.45, 2.75) is 120 Å². The molecule has 0 aliphatic carbocycles. The molecular formula is C69H93I3N2O12. The molecule has 86 heavy (non-hydrogen) atoms. The first kappa shape index (κ1) is 88.2. The summed E-state index contributed by atoms with van der Waals surface area (Å²) >= 11 is 0. The lowest BCUT2D eigenvalue weighted by Gasteiger charge is -2.07. The van der Waals surface area contributed by atoms with Crippen LogP contribution in [0.25, 0.3) is 33.4 Å². The van der Waals surface area contributed by atoms with Crippen LogP contribution in [-0.2, 0) is 28.6 Å². The number of ether oxygens (including phenoxy) is 6. The fourth-order valence-corrected chi connectivity index (χ4v) is 7.35. The summed E-state index contributed by atoms with van der Waals surface area (Å²) in [5.74, 6) is -0.968. The van der Waals surface area contributed by atoms with Crippen LogP contribution in [-0.4, -0.2) is 55.6 Å². The van der Waals surface area contributed by atoms with Crippen LogP contribution in [0.5, 0.6) is 17.2 Å². The summed E-state index contributed by atoms with van der Waals surface area (Å²) in [6, 6.07) is 43.2. The van der Waals surface area contributed by atoms with Gasteiger partial charge in [-0.05, 0) is 125 Å². The molecule has 14 nitrogen and oxygen atoms in total. The van der Waals surface area contributed by atoms with Crippen molar-refractivity contribution in [3.05, 3.63) is 200 Å². The zero-order chi connectivity index (χ0) is 56.3. The second-order valence-electron chi connectivity index (χ2n) is 17.8. The van der Waals surface area contributed by atoms with Gasteiger partial charge in [-0.25, -0.2) is 28.8 Å². The Morgan fingerprint density at radius 2 is 0.500 bits per heavy atom. The number of unbranched alkanes of at least 4 members (excludes halogenated alkanes) is 9. The van der Waals surface area contributed by atoms with Gasteiger partial charge >= 0.3 is 35.8 Å². The minimum absolute atomic E-state index is 0. The molecule has 472 valence electrons. The molecule has 0 aliphatic heterocycles. The van der Waals surface area contributed by atoms with Crippen molar-refractivity contribution in [3.8, 4) is 50.6 Å². The zero-order valence-electron chi connectivity index (χ0n) is 47.9. The van der Waals surface area contributed by atoms with Gasteiger partial charge < -0.3 is 40.7 Å². The second-order valence-corrected chi connectivity index (χ2v) is 17.8. The lowest BCUT2D eigenvalue weighted by molar-refractivity contribution is -0.129. The monoisotopic (exact) mass is 1520 g/mol. The summed E-state index contributed by atoms with van der Waals surface area (Å²) in [6.07, 6.45) is 16.3. The molecule has 0 aliphatic rings. The van der Waals surface area contributed by atoms with E-state index in [1.807, 2.05) is 72.8 Å². The average Bonchev–Trinajstić information content (AvgIpc) is 3.63. The van der Waals surface area contributed by atoms with E-state index in [0.717, 1.165) is 109 Å². The number of halogens is 3. The van der Waals surface area contributed by atoms with Crippen molar-refractivity contribution >= 4 is 108 Å². The molecule has 0 saturated carbocycles. The highest BCUT2D eigenvalue weighted by molar-refractivity contribution is 14.0. The topological polar surface area (TPSA) is 228 Å². The SMILES string of the molecule is C.C.C.C=CC(=O)Oc1ccc(-c2ccc(C(=O)OCCCCC)cc2)cc1.C=CC(=O)Oc1ccc(-c2ccc(C(=O)OCCCCCC)cc2)cc1.C=CC(=O)Oc1ccc(-c2ccc(C(=O)OCCCCCCC)cc2)cc1.I.I.I.N.N. The van der Waals surface area contributed by atoms with Gasteiger partial charge in [0.05, 0.1) is 36.5 Å². The molecule has 6 aromatic rings. The molecule has 0 heterocycles. The molecule has 0 amide bonds. The highest BCUT2D eigenvalue weighted by atomic mass is 127. The Morgan fingerprint density at radius 1 is 0.314 bits per heavy atom. The third-order valence-electron chi connectivity index (χ3n) is 11.8. The van der Waals surface area contributed by atoms with Gasteiger partial charge in [-0.2, -0.15) is 0 Å². The third-order valence-corrected chi connectivity index (χ3v) is 11.8. The minimum Gasteiger partial charge on any atom is -0.462 e. The number of esters is 6. The standard InChI is InChI=1S/C23H26O4.C22H24O4.C21H22O4.3CH4.3HI.2H3N/c1-3-5-6-7-8-17-26-23(25)20-11-9-18(10-12-20)19-13-15-21(16-14-19)27-22(24)4-2;1-3-5-6-7-16-25-22(24)19-10-8-17(9-11-19)18-12-14-20(15-13-18)26-21(23)4-2;1-3-5-6-15-24-21(23)18-9-7-16(8-10-18)17-11-13-19(14-12-17)25-20(22)4-2;;;;;;;;/h4,9-16H,2-3,5-8,17H2,1H3;4,8-15H,2-3,5-7,16H2,1H3;4,7-14H,2-3,5-6,15H2,1H3;3*1H4;3*1H;2*1H3. The van der Waals surface area contributed by atoms with E-state index in [2.05, 4.69) is 40.5 Å². The van der Waals surface area contributed by atoms with Crippen molar-refractivity contribution < 1.29 is 57.2 Å². The lowest BCUT2D eigenvalue weighted by atomic mass is 10.0. The predicted molar refractivity (Wildman–Crippen MR) is 383 cm³/mol. The first-order valence-electron chi connectivity index (χ1n) is 26.6. The summed E-state index contributed by atoms with van der Waals surface area (Å²) in [5, 5.41) is 0. The van der Waals surface area contributed by atoms with Gasteiger partial charge in [-0.1, -0.05) is 193 Å². The van der Waals surface area contributed by atoms with E-state index >= 15 is 0 Å². The molecule has 0 spiro atoms. The lowest BCUT2D eigenvalue weighted by Crippen LogP contribution is -2.06. The van der Waals surface area contributed by atoms with Crippen LogP contribution in [0.15, 0.2) is 184 Å². The van der Waals surface area contributed by atoms with Gasteiger partial charge in [-0.15, -0.1) is 71.9 Å². The Labute approximate surface area is 563 Å². The summed E-state index contributed by atoms with van der Waals surface area (Å²) in [4.78, 5) is 69.6. The van der Waals surface area contributed by atoms with Crippen LogP contribution in [0.3, 0.4) is 0 Å². The Balaban J connectivity index is -0.000000365. The highest BCUT2D eigenvalue weighted by Crippen LogP contribution is 2.26. The largest absolute Gasteiger partial charge is 0.462 e. The minimum atomic E-state index is -0.491. The van der Waals surface area contributed by atoms with Crippen molar-refractivity contribution in [3.63, 3.8) is 0 Å². The Bertz CT molecular complexity index is 2850. The molecule has 0 bridgehead atoms. The molecule has 17 heteroatoms. The van der Waals surface area contributed by atoms with Gasteiger partial charge in [0, 0.05) is 18.2 Å². The molecule has 0 fully saturated rings. The summed E-state index contributed by atoms with van der Waals surface area (Å²) < 4.78 is 31.0. The van der Waals surface area contributed by atoms with Crippen LogP contribution >= 0.6 is 71.9 Å². The van der Waals surface area contributed by atoms with Crippen molar-refractivity contribution in [2.75, 3.05) is 19.8 Å². The number of rotatable bonds is 27. The van der Waals surface area contributed by atoms with Gasteiger partial charge in [0.1, 0.15) is 17.2 Å². The molecular weight excluding hydrogens is 1430 g/mol. The van der Waals surface area contributed by atoms with Crippen molar-refractivity contribution in [1.82, 2.24) is 12.3 Å². The number of carbonyl (C=O) groups excluding carboxylic acids is 6. The predicted octanol–water partition coefficient (Wildman–Crippen LogP) is 19.6.